The normalized spacial score (nSPS) is 9.92. The predicted molar refractivity (Wildman–Crippen MR) is 90.4 cm³/mol. The van der Waals surface area contributed by atoms with Crippen LogP contribution < -0.4 is 10.1 Å². The molecule has 0 radical (unpaired) electrons. The summed E-state index contributed by atoms with van der Waals surface area (Å²) in [6.07, 6.45) is 0. The minimum Gasteiger partial charge on any atom is -0.497 e. The van der Waals surface area contributed by atoms with Gasteiger partial charge in [-0.2, -0.15) is 5.26 Å². The van der Waals surface area contributed by atoms with E-state index in [0.29, 0.717) is 21.9 Å². The zero-order valence-electron chi connectivity index (χ0n) is 13.5. The van der Waals surface area contributed by atoms with Gasteiger partial charge in [0.25, 0.3) is 5.91 Å². The number of nitrogens with one attached hydrogen (secondary N) is 1. The van der Waals surface area contributed by atoms with Crippen molar-refractivity contribution >= 4 is 28.2 Å². The largest absolute Gasteiger partial charge is 0.497 e. The Morgan fingerprint density at radius 2 is 2.08 bits per heavy atom. The molecule has 1 heterocycles. The second-order valence-electron chi connectivity index (χ2n) is 4.96. The van der Waals surface area contributed by atoms with Gasteiger partial charge in [-0.3, -0.25) is 4.79 Å². The number of amides is 1. The summed E-state index contributed by atoms with van der Waals surface area (Å²) in [7, 11) is 1.50. The number of esters is 1. The van der Waals surface area contributed by atoms with E-state index in [4.69, 9.17) is 14.7 Å². The average Bonchev–Trinajstić information content (AvgIpc) is 2.86. The molecular formula is C17H16N2O4S. The summed E-state index contributed by atoms with van der Waals surface area (Å²) in [6, 6.07) is 8.53. The van der Waals surface area contributed by atoms with Crippen molar-refractivity contribution < 1.29 is 19.1 Å². The van der Waals surface area contributed by atoms with Crippen LogP contribution >= 0.6 is 11.3 Å². The van der Waals surface area contributed by atoms with E-state index >= 15 is 0 Å². The molecule has 2 rings (SSSR count). The van der Waals surface area contributed by atoms with E-state index in [-0.39, 0.29) is 0 Å². The van der Waals surface area contributed by atoms with Gasteiger partial charge in [-0.25, -0.2) is 4.79 Å². The fourth-order valence-electron chi connectivity index (χ4n) is 1.98. The van der Waals surface area contributed by atoms with Crippen LogP contribution in [0, 0.1) is 25.2 Å². The highest BCUT2D eigenvalue weighted by molar-refractivity contribution is 7.16. The summed E-state index contributed by atoms with van der Waals surface area (Å²) in [6.45, 7) is 3.26. The first-order valence-electron chi connectivity index (χ1n) is 7.07. The lowest BCUT2D eigenvalue weighted by Gasteiger charge is -2.06. The summed E-state index contributed by atoms with van der Waals surface area (Å²) >= 11 is 1.32. The maximum absolute atomic E-state index is 11.9. The monoisotopic (exact) mass is 344 g/mol. The number of rotatable bonds is 5. The first-order valence-corrected chi connectivity index (χ1v) is 7.89. The Kier molecular flexibility index (Phi) is 5.55. The third-order valence-electron chi connectivity index (χ3n) is 3.39. The van der Waals surface area contributed by atoms with Gasteiger partial charge in [0.15, 0.2) is 6.61 Å². The van der Waals surface area contributed by atoms with Crippen LogP contribution in [-0.4, -0.2) is 25.6 Å². The zero-order chi connectivity index (χ0) is 17.7. The van der Waals surface area contributed by atoms with E-state index in [2.05, 4.69) is 11.4 Å². The average molecular weight is 344 g/mol. The first-order chi connectivity index (χ1) is 11.5. The molecule has 0 bridgehead atoms. The number of carbonyl (C=O) groups excluding carboxylic acids is 2. The Morgan fingerprint density at radius 3 is 2.75 bits per heavy atom. The van der Waals surface area contributed by atoms with Crippen molar-refractivity contribution in [3.05, 3.63) is 45.8 Å². The number of nitriles is 1. The fourth-order valence-corrected chi connectivity index (χ4v) is 3.00. The quantitative estimate of drug-likeness (QED) is 0.842. The lowest BCUT2D eigenvalue weighted by atomic mass is 10.2. The number of methoxy groups -OCH3 is 1. The standard InChI is InChI=1S/C17H16N2O4S/c1-10-11(2)24-16(14(10)8-18)19-15(20)9-23-17(21)12-5-4-6-13(7-12)22-3/h4-7H,9H2,1-3H3,(H,19,20). The highest BCUT2D eigenvalue weighted by atomic mass is 32.1. The predicted octanol–water partition coefficient (Wildman–Crippen LogP) is 3.04. The highest BCUT2D eigenvalue weighted by Gasteiger charge is 2.16. The molecule has 0 aliphatic rings. The molecule has 0 atom stereocenters. The molecule has 0 aliphatic heterocycles. The van der Waals surface area contributed by atoms with E-state index in [1.807, 2.05) is 13.8 Å². The van der Waals surface area contributed by atoms with Crippen LogP contribution in [0.3, 0.4) is 0 Å². The van der Waals surface area contributed by atoms with Crippen molar-refractivity contribution in [3.63, 3.8) is 0 Å². The van der Waals surface area contributed by atoms with Gasteiger partial charge >= 0.3 is 5.97 Å². The minimum absolute atomic E-state index is 0.294. The SMILES string of the molecule is COc1cccc(C(=O)OCC(=O)Nc2sc(C)c(C)c2C#N)c1. The molecular weight excluding hydrogens is 328 g/mol. The van der Waals surface area contributed by atoms with Crippen LogP contribution in [0.1, 0.15) is 26.4 Å². The third-order valence-corrected chi connectivity index (χ3v) is 4.51. The Morgan fingerprint density at radius 1 is 1.33 bits per heavy atom. The smallest absolute Gasteiger partial charge is 0.338 e. The Bertz CT molecular complexity index is 820. The lowest BCUT2D eigenvalue weighted by Crippen LogP contribution is -2.20. The zero-order valence-corrected chi connectivity index (χ0v) is 14.3. The number of aryl methyl sites for hydroxylation is 1. The van der Waals surface area contributed by atoms with Crippen molar-refractivity contribution in [1.29, 1.82) is 5.26 Å². The molecule has 0 saturated carbocycles. The summed E-state index contributed by atoms with van der Waals surface area (Å²) in [5.74, 6) is -0.593. The molecule has 24 heavy (non-hydrogen) atoms. The Hall–Kier alpha value is -2.85. The molecule has 2 aromatic rings. The van der Waals surface area contributed by atoms with Gasteiger partial charge in [0.1, 0.15) is 16.8 Å². The lowest BCUT2D eigenvalue weighted by molar-refractivity contribution is -0.119. The van der Waals surface area contributed by atoms with Gasteiger partial charge in [0, 0.05) is 4.88 Å². The van der Waals surface area contributed by atoms with Crippen molar-refractivity contribution in [3.8, 4) is 11.8 Å². The summed E-state index contributed by atoms with van der Waals surface area (Å²) in [5.41, 5.74) is 1.57. The number of thiophene rings is 1. The molecule has 6 nitrogen and oxygen atoms in total. The molecule has 1 N–H and O–H groups in total. The second kappa shape index (κ2) is 7.62. The summed E-state index contributed by atoms with van der Waals surface area (Å²) < 4.78 is 10.0. The van der Waals surface area contributed by atoms with Crippen molar-refractivity contribution in [1.82, 2.24) is 0 Å². The number of ether oxygens (including phenoxy) is 2. The number of nitrogens with zero attached hydrogens (tertiary/aromatic N) is 1. The van der Waals surface area contributed by atoms with Gasteiger partial charge in [-0.15, -0.1) is 11.3 Å². The van der Waals surface area contributed by atoms with Gasteiger partial charge in [-0.05, 0) is 37.6 Å². The van der Waals surface area contributed by atoms with Gasteiger partial charge < -0.3 is 14.8 Å². The summed E-state index contributed by atoms with van der Waals surface area (Å²) in [4.78, 5) is 24.8. The van der Waals surface area contributed by atoms with Crippen molar-refractivity contribution in [2.75, 3.05) is 19.0 Å². The van der Waals surface area contributed by atoms with Crippen LogP contribution in [0.5, 0.6) is 5.75 Å². The molecule has 0 fully saturated rings. The third kappa shape index (κ3) is 3.91. The highest BCUT2D eigenvalue weighted by Crippen LogP contribution is 2.31. The van der Waals surface area contributed by atoms with E-state index in [1.54, 1.807) is 18.2 Å². The topological polar surface area (TPSA) is 88.4 Å². The molecule has 1 aromatic carbocycles. The molecule has 7 heteroatoms. The van der Waals surface area contributed by atoms with Gasteiger partial charge in [0.2, 0.25) is 0 Å². The summed E-state index contributed by atoms with van der Waals surface area (Å²) in [5, 5.41) is 12.2. The minimum atomic E-state index is -0.622. The van der Waals surface area contributed by atoms with E-state index < -0.39 is 18.5 Å². The second-order valence-corrected chi connectivity index (χ2v) is 6.18. The maximum atomic E-state index is 11.9. The Labute approximate surface area is 143 Å². The van der Waals surface area contributed by atoms with Crippen LogP contribution in [0.15, 0.2) is 24.3 Å². The van der Waals surface area contributed by atoms with Crippen molar-refractivity contribution in [2.45, 2.75) is 13.8 Å². The van der Waals surface area contributed by atoms with Gasteiger partial charge in [-0.1, -0.05) is 6.07 Å². The molecule has 0 spiro atoms. The molecule has 1 aromatic heterocycles. The van der Waals surface area contributed by atoms with Crippen LogP contribution in [0.2, 0.25) is 0 Å². The number of anilines is 1. The number of carbonyl (C=O) groups is 2. The molecule has 0 saturated heterocycles. The van der Waals surface area contributed by atoms with E-state index in [1.165, 1.54) is 24.5 Å². The Balaban J connectivity index is 1.97. The number of benzene rings is 1. The van der Waals surface area contributed by atoms with Crippen LogP contribution in [0.4, 0.5) is 5.00 Å². The maximum Gasteiger partial charge on any atom is 0.338 e. The van der Waals surface area contributed by atoms with Crippen LogP contribution in [-0.2, 0) is 9.53 Å². The van der Waals surface area contributed by atoms with E-state index in [9.17, 15) is 9.59 Å². The first kappa shape index (κ1) is 17.5. The van der Waals surface area contributed by atoms with E-state index in [0.717, 1.165) is 10.4 Å². The fraction of sp³-hybridized carbons (Fsp3) is 0.235. The van der Waals surface area contributed by atoms with Crippen LogP contribution in [0.25, 0.3) is 0 Å². The molecule has 0 aliphatic carbocycles. The number of hydrogen-bond acceptors (Lipinski definition) is 6. The molecule has 124 valence electrons. The number of hydrogen-bond donors (Lipinski definition) is 1. The molecule has 0 unspecified atom stereocenters. The molecule has 1 amide bonds. The van der Waals surface area contributed by atoms with Crippen molar-refractivity contribution in [2.24, 2.45) is 0 Å². The van der Waals surface area contributed by atoms with Gasteiger partial charge in [0.05, 0.1) is 18.2 Å².